The molecule has 1 aromatic rings. The molecule has 3 rings (SSSR count). The van der Waals surface area contributed by atoms with Gasteiger partial charge in [-0.3, -0.25) is 0 Å². The summed E-state index contributed by atoms with van der Waals surface area (Å²) in [6.45, 7) is 0.669. The molecule has 2 fully saturated rings. The number of nitrogens with two attached hydrogens (primary N) is 1. The minimum absolute atomic E-state index is 0.140. The van der Waals surface area contributed by atoms with Crippen molar-refractivity contribution in [3.05, 3.63) is 12.1 Å². The first-order valence-electron chi connectivity index (χ1n) is 7.38. The summed E-state index contributed by atoms with van der Waals surface area (Å²) in [6.07, 6.45) is 3.67. The lowest BCUT2D eigenvalue weighted by Crippen LogP contribution is -2.32. The molecule has 0 spiro atoms. The Morgan fingerprint density at radius 1 is 1.24 bits per heavy atom. The Morgan fingerprint density at radius 2 is 1.95 bits per heavy atom. The number of ether oxygens (including phenoxy) is 1. The topological polar surface area (TPSA) is 94.3 Å². The van der Waals surface area contributed by atoms with Crippen molar-refractivity contribution in [1.82, 2.24) is 4.98 Å². The minimum atomic E-state index is -2.84. The lowest BCUT2D eigenvalue weighted by molar-refractivity contribution is 0.290. The van der Waals surface area contributed by atoms with Crippen molar-refractivity contribution >= 4 is 21.3 Å². The minimum Gasteiger partial charge on any atom is -0.476 e. The van der Waals surface area contributed by atoms with Crippen LogP contribution in [0.1, 0.15) is 25.7 Å². The molecule has 2 aliphatic rings. The number of nitrogens with one attached hydrogen (secondary N) is 1. The highest BCUT2D eigenvalue weighted by Gasteiger charge is 2.24. The van der Waals surface area contributed by atoms with Gasteiger partial charge in [-0.25, -0.2) is 8.42 Å². The number of nitrogen functional groups attached to an aromatic ring is 1. The molecule has 3 N–H and O–H groups in total. The molecule has 1 saturated carbocycles. The smallest absolute Gasteiger partial charge is 0.239 e. The SMILES string of the molecule is Nc1ccc(NC2CCS(=O)(=O)CC2)nc1OCC1CC1. The Hall–Kier alpha value is -1.50. The number of rotatable bonds is 5. The lowest BCUT2D eigenvalue weighted by Gasteiger charge is -2.23. The summed E-state index contributed by atoms with van der Waals surface area (Å²) in [7, 11) is -2.84. The van der Waals surface area contributed by atoms with E-state index in [9.17, 15) is 8.42 Å². The van der Waals surface area contributed by atoms with Crippen LogP contribution in [0.5, 0.6) is 5.88 Å². The van der Waals surface area contributed by atoms with Gasteiger partial charge in [0, 0.05) is 6.04 Å². The molecule has 0 atom stereocenters. The molecule has 116 valence electrons. The van der Waals surface area contributed by atoms with Gasteiger partial charge in [0.25, 0.3) is 0 Å². The van der Waals surface area contributed by atoms with E-state index in [0.29, 0.717) is 42.8 Å². The van der Waals surface area contributed by atoms with Crippen LogP contribution in [0.2, 0.25) is 0 Å². The van der Waals surface area contributed by atoms with Crippen LogP contribution in [0.3, 0.4) is 0 Å². The Morgan fingerprint density at radius 3 is 2.62 bits per heavy atom. The van der Waals surface area contributed by atoms with Gasteiger partial charge in [-0.05, 0) is 43.7 Å². The maximum Gasteiger partial charge on any atom is 0.239 e. The van der Waals surface area contributed by atoms with Gasteiger partial charge in [0.1, 0.15) is 15.7 Å². The van der Waals surface area contributed by atoms with Crippen LogP contribution in [0.15, 0.2) is 12.1 Å². The van der Waals surface area contributed by atoms with Crippen molar-refractivity contribution in [2.24, 2.45) is 5.92 Å². The largest absolute Gasteiger partial charge is 0.476 e. The van der Waals surface area contributed by atoms with Crippen LogP contribution in [0.4, 0.5) is 11.5 Å². The summed E-state index contributed by atoms with van der Waals surface area (Å²) >= 11 is 0. The van der Waals surface area contributed by atoms with Gasteiger partial charge in [0.15, 0.2) is 0 Å². The van der Waals surface area contributed by atoms with Crippen molar-refractivity contribution in [1.29, 1.82) is 0 Å². The van der Waals surface area contributed by atoms with E-state index in [1.54, 1.807) is 6.07 Å². The van der Waals surface area contributed by atoms with Crippen molar-refractivity contribution < 1.29 is 13.2 Å². The fraction of sp³-hybridized carbons (Fsp3) is 0.643. The number of aromatic nitrogens is 1. The van der Waals surface area contributed by atoms with Crippen molar-refractivity contribution in [3.8, 4) is 5.88 Å². The van der Waals surface area contributed by atoms with E-state index in [4.69, 9.17) is 10.5 Å². The number of anilines is 2. The average Bonchev–Trinajstić information content (AvgIpc) is 3.26. The average molecular weight is 311 g/mol. The highest BCUT2D eigenvalue weighted by atomic mass is 32.2. The summed E-state index contributed by atoms with van der Waals surface area (Å²) in [5, 5.41) is 3.28. The highest BCUT2D eigenvalue weighted by molar-refractivity contribution is 7.91. The predicted molar refractivity (Wildman–Crippen MR) is 82.2 cm³/mol. The van der Waals surface area contributed by atoms with Gasteiger partial charge in [0.2, 0.25) is 5.88 Å². The summed E-state index contributed by atoms with van der Waals surface area (Å²) < 4.78 is 28.5. The molecule has 1 aromatic heterocycles. The van der Waals surface area contributed by atoms with Gasteiger partial charge in [-0.2, -0.15) is 4.98 Å². The fourth-order valence-corrected chi connectivity index (χ4v) is 3.86. The van der Waals surface area contributed by atoms with Gasteiger partial charge >= 0.3 is 0 Å². The fourth-order valence-electron chi connectivity index (χ4n) is 2.37. The second kappa shape index (κ2) is 5.71. The second-order valence-corrected chi connectivity index (χ2v) is 8.22. The molecule has 1 saturated heterocycles. The lowest BCUT2D eigenvalue weighted by atomic mass is 10.1. The zero-order valence-corrected chi connectivity index (χ0v) is 12.7. The molecular weight excluding hydrogens is 290 g/mol. The molecule has 1 aliphatic carbocycles. The Kier molecular flexibility index (Phi) is 3.93. The van der Waals surface area contributed by atoms with Crippen molar-refractivity contribution in [3.63, 3.8) is 0 Å². The molecular formula is C14H21N3O3S. The zero-order chi connectivity index (χ0) is 14.9. The molecule has 1 aliphatic heterocycles. The zero-order valence-electron chi connectivity index (χ0n) is 11.9. The Balaban J connectivity index is 1.61. The van der Waals surface area contributed by atoms with Crippen molar-refractivity contribution in [2.75, 3.05) is 29.2 Å². The van der Waals surface area contributed by atoms with E-state index in [-0.39, 0.29) is 17.5 Å². The number of pyridine rings is 1. The van der Waals surface area contributed by atoms with E-state index in [2.05, 4.69) is 10.3 Å². The van der Waals surface area contributed by atoms with E-state index >= 15 is 0 Å². The van der Waals surface area contributed by atoms with Gasteiger partial charge in [0.05, 0.1) is 23.8 Å². The second-order valence-electron chi connectivity index (χ2n) is 5.92. The molecule has 0 radical (unpaired) electrons. The third-order valence-corrected chi connectivity index (χ3v) is 5.66. The van der Waals surface area contributed by atoms with Crippen LogP contribution < -0.4 is 15.8 Å². The number of nitrogens with zero attached hydrogens (tertiary/aromatic N) is 1. The monoisotopic (exact) mass is 311 g/mol. The molecule has 21 heavy (non-hydrogen) atoms. The standard InChI is InChI=1S/C14H21N3O3S/c15-12-3-4-13(17-14(12)20-9-10-1-2-10)16-11-5-7-21(18,19)8-6-11/h3-4,10-11H,1-2,5-9,15H2,(H,16,17). The molecule has 0 amide bonds. The third-order valence-electron chi connectivity index (χ3n) is 3.95. The van der Waals surface area contributed by atoms with Crippen LogP contribution >= 0.6 is 0 Å². The Labute approximate surface area is 125 Å². The van der Waals surface area contributed by atoms with E-state index in [1.807, 2.05) is 6.07 Å². The van der Waals surface area contributed by atoms with E-state index < -0.39 is 9.84 Å². The van der Waals surface area contributed by atoms with E-state index in [1.165, 1.54) is 12.8 Å². The van der Waals surface area contributed by atoms with E-state index in [0.717, 1.165) is 0 Å². The van der Waals surface area contributed by atoms with Gasteiger partial charge in [-0.1, -0.05) is 0 Å². The summed E-state index contributed by atoms with van der Waals surface area (Å²) in [4.78, 5) is 4.39. The molecule has 0 aromatic carbocycles. The molecule has 6 nitrogen and oxygen atoms in total. The van der Waals surface area contributed by atoms with Gasteiger partial charge in [-0.15, -0.1) is 0 Å². The number of hydrogen-bond acceptors (Lipinski definition) is 6. The predicted octanol–water partition coefficient (Wildman–Crippen LogP) is 1.44. The first-order chi connectivity index (χ1) is 10.0. The third kappa shape index (κ3) is 4.00. The molecule has 0 unspecified atom stereocenters. The summed E-state index contributed by atoms with van der Waals surface area (Å²) in [6, 6.07) is 3.72. The van der Waals surface area contributed by atoms with Crippen LogP contribution in [0.25, 0.3) is 0 Å². The highest BCUT2D eigenvalue weighted by Crippen LogP contribution is 2.31. The van der Waals surface area contributed by atoms with Crippen molar-refractivity contribution in [2.45, 2.75) is 31.7 Å². The summed E-state index contributed by atoms with van der Waals surface area (Å²) in [5.41, 5.74) is 6.40. The van der Waals surface area contributed by atoms with Crippen LogP contribution in [-0.2, 0) is 9.84 Å². The number of sulfone groups is 1. The maximum absolute atomic E-state index is 11.4. The Bertz CT molecular complexity index is 600. The van der Waals surface area contributed by atoms with Crippen LogP contribution in [0, 0.1) is 5.92 Å². The van der Waals surface area contributed by atoms with Crippen LogP contribution in [-0.4, -0.2) is 37.6 Å². The number of hydrogen-bond donors (Lipinski definition) is 2. The molecule has 2 heterocycles. The maximum atomic E-state index is 11.4. The first kappa shape index (κ1) is 14.4. The normalized spacial score (nSPS) is 21.9. The molecule has 0 bridgehead atoms. The molecule has 7 heteroatoms. The first-order valence-corrected chi connectivity index (χ1v) is 9.20. The summed E-state index contributed by atoms with van der Waals surface area (Å²) in [5.74, 6) is 2.29. The van der Waals surface area contributed by atoms with Gasteiger partial charge < -0.3 is 15.8 Å². The quantitative estimate of drug-likeness (QED) is 0.854.